The smallest absolute Gasteiger partial charge is 0.0951 e. The van der Waals surface area contributed by atoms with Crippen LogP contribution in [0.15, 0.2) is 12.5 Å². The van der Waals surface area contributed by atoms with E-state index in [1.54, 1.807) is 0 Å². The lowest BCUT2D eigenvalue weighted by Gasteiger charge is -2.20. The predicted molar refractivity (Wildman–Crippen MR) is 67.9 cm³/mol. The van der Waals surface area contributed by atoms with Crippen LogP contribution in [0, 0.1) is 0 Å². The van der Waals surface area contributed by atoms with E-state index in [0.29, 0.717) is 18.2 Å². The maximum absolute atomic E-state index is 5.49. The molecule has 2 rings (SSSR count). The highest BCUT2D eigenvalue weighted by molar-refractivity contribution is 5.00. The normalized spacial score (nSPS) is 24.7. The molecule has 1 heterocycles. The third-order valence-corrected chi connectivity index (χ3v) is 3.60. The molecule has 0 aliphatic heterocycles. The zero-order chi connectivity index (χ0) is 12.3. The molecule has 96 valence electrons. The van der Waals surface area contributed by atoms with Crippen molar-refractivity contribution in [2.24, 2.45) is 0 Å². The van der Waals surface area contributed by atoms with Crippen molar-refractivity contribution in [2.45, 2.75) is 57.8 Å². The van der Waals surface area contributed by atoms with Gasteiger partial charge in [-0.05, 0) is 33.1 Å². The van der Waals surface area contributed by atoms with Crippen LogP contribution in [0.5, 0.6) is 0 Å². The fourth-order valence-electron chi connectivity index (χ4n) is 2.61. The van der Waals surface area contributed by atoms with Crippen molar-refractivity contribution in [2.75, 3.05) is 7.11 Å². The summed E-state index contributed by atoms with van der Waals surface area (Å²) in [6.45, 7) is 5.24. The van der Waals surface area contributed by atoms with Gasteiger partial charge in [0.05, 0.1) is 18.1 Å². The van der Waals surface area contributed by atoms with Crippen LogP contribution in [0.3, 0.4) is 0 Å². The minimum atomic E-state index is 0.380. The van der Waals surface area contributed by atoms with Gasteiger partial charge in [-0.1, -0.05) is 0 Å². The minimum Gasteiger partial charge on any atom is -0.380 e. The molecule has 1 aliphatic rings. The molecule has 0 bridgehead atoms. The highest BCUT2D eigenvalue weighted by Crippen LogP contribution is 2.22. The Labute approximate surface area is 103 Å². The van der Waals surface area contributed by atoms with Gasteiger partial charge in [0.2, 0.25) is 0 Å². The van der Waals surface area contributed by atoms with E-state index in [9.17, 15) is 0 Å². The first-order valence-corrected chi connectivity index (χ1v) is 6.49. The second-order valence-corrected chi connectivity index (χ2v) is 5.08. The summed E-state index contributed by atoms with van der Waals surface area (Å²) < 4.78 is 7.70. The van der Waals surface area contributed by atoms with Crippen molar-refractivity contribution >= 4 is 0 Å². The number of rotatable bonds is 5. The van der Waals surface area contributed by atoms with Crippen LogP contribution in [0.1, 0.15) is 44.8 Å². The topological polar surface area (TPSA) is 39.1 Å². The third-order valence-electron chi connectivity index (χ3n) is 3.60. The number of nitrogens with zero attached hydrogens (tertiary/aromatic N) is 2. The first-order chi connectivity index (χ1) is 8.22. The van der Waals surface area contributed by atoms with Crippen molar-refractivity contribution in [3.8, 4) is 0 Å². The molecule has 1 saturated carbocycles. The van der Waals surface area contributed by atoms with Crippen LogP contribution in [0.4, 0.5) is 0 Å². The molecule has 1 aromatic rings. The zero-order valence-corrected chi connectivity index (χ0v) is 11.0. The Morgan fingerprint density at radius 2 is 2.35 bits per heavy atom. The lowest BCUT2D eigenvalue weighted by atomic mass is 10.2. The second-order valence-electron chi connectivity index (χ2n) is 5.08. The first-order valence-electron chi connectivity index (χ1n) is 6.49. The molecular weight excluding hydrogens is 214 g/mol. The molecule has 17 heavy (non-hydrogen) atoms. The van der Waals surface area contributed by atoms with Gasteiger partial charge in [-0.2, -0.15) is 0 Å². The molecule has 2 unspecified atom stereocenters. The van der Waals surface area contributed by atoms with E-state index in [0.717, 1.165) is 6.54 Å². The van der Waals surface area contributed by atoms with Gasteiger partial charge in [0.1, 0.15) is 0 Å². The summed E-state index contributed by atoms with van der Waals surface area (Å²) in [5.74, 6) is 0. The lowest BCUT2D eigenvalue weighted by molar-refractivity contribution is 0.0845. The maximum atomic E-state index is 5.49. The van der Waals surface area contributed by atoms with Gasteiger partial charge in [0, 0.05) is 31.9 Å². The molecule has 4 heteroatoms. The molecule has 4 nitrogen and oxygen atoms in total. The van der Waals surface area contributed by atoms with E-state index < -0.39 is 0 Å². The lowest BCUT2D eigenvalue weighted by Crippen LogP contribution is -2.36. The summed E-state index contributed by atoms with van der Waals surface area (Å²) in [5, 5.41) is 3.59. The second kappa shape index (κ2) is 5.65. The van der Waals surface area contributed by atoms with Crippen LogP contribution in [0.2, 0.25) is 0 Å². The third kappa shape index (κ3) is 2.87. The van der Waals surface area contributed by atoms with Crippen LogP contribution in [0.25, 0.3) is 0 Å². The number of hydrogen-bond donors (Lipinski definition) is 1. The molecule has 1 fully saturated rings. The molecule has 1 aromatic heterocycles. The molecular formula is C13H23N3O. The number of nitrogens with one attached hydrogen (secondary N) is 1. The molecule has 2 atom stereocenters. The fraction of sp³-hybridized carbons (Fsp3) is 0.769. The van der Waals surface area contributed by atoms with Crippen LogP contribution in [-0.4, -0.2) is 28.8 Å². The maximum Gasteiger partial charge on any atom is 0.0951 e. The highest BCUT2D eigenvalue weighted by Gasteiger charge is 2.26. The molecule has 1 aliphatic carbocycles. The SMILES string of the molecule is COC1CCCC1NCc1cncn1C(C)C. The summed E-state index contributed by atoms with van der Waals surface area (Å²) in [6, 6.07) is 0.964. The molecule has 0 radical (unpaired) electrons. The van der Waals surface area contributed by atoms with Gasteiger partial charge in [-0.25, -0.2) is 4.98 Å². The molecule has 0 amide bonds. The summed E-state index contributed by atoms with van der Waals surface area (Å²) >= 11 is 0. The van der Waals surface area contributed by atoms with Gasteiger partial charge < -0.3 is 14.6 Å². The average Bonchev–Trinajstić information content (AvgIpc) is 2.94. The van der Waals surface area contributed by atoms with E-state index in [4.69, 9.17) is 4.74 Å². The van der Waals surface area contributed by atoms with Crippen LogP contribution < -0.4 is 5.32 Å². The Hall–Kier alpha value is -0.870. The number of imidazole rings is 1. The van der Waals surface area contributed by atoms with Crippen molar-refractivity contribution in [1.29, 1.82) is 0 Å². The Morgan fingerprint density at radius 1 is 1.53 bits per heavy atom. The monoisotopic (exact) mass is 237 g/mol. The number of methoxy groups -OCH3 is 1. The van der Waals surface area contributed by atoms with Crippen molar-refractivity contribution in [1.82, 2.24) is 14.9 Å². The summed E-state index contributed by atoms with van der Waals surface area (Å²) in [6.07, 6.45) is 7.89. The average molecular weight is 237 g/mol. The van der Waals surface area contributed by atoms with Crippen molar-refractivity contribution in [3.05, 3.63) is 18.2 Å². The van der Waals surface area contributed by atoms with Gasteiger partial charge in [-0.3, -0.25) is 0 Å². The minimum absolute atomic E-state index is 0.380. The summed E-state index contributed by atoms with van der Waals surface area (Å²) in [5.41, 5.74) is 1.25. The standard InChI is InChI=1S/C13H23N3O/c1-10(2)16-9-14-7-11(16)8-15-12-5-4-6-13(12)17-3/h7,9-10,12-13,15H,4-6,8H2,1-3H3. The van der Waals surface area contributed by atoms with Crippen LogP contribution in [-0.2, 0) is 11.3 Å². The quantitative estimate of drug-likeness (QED) is 0.852. The first kappa shape index (κ1) is 12.6. The van der Waals surface area contributed by atoms with Crippen molar-refractivity contribution < 1.29 is 4.74 Å². The van der Waals surface area contributed by atoms with E-state index in [1.807, 2.05) is 19.6 Å². The number of aromatic nitrogens is 2. The van der Waals surface area contributed by atoms with Gasteiger partial charge in [0.15, 0.2) is 0 Å². The Kier molecular flexibility index (Phi) is 4.18. The van der Waals surface area contributed by atoms with E-state index in [-0.39, 0.29) is 0 Å². The molecule has 0 saturated heterocycles. The van der Waals surface area contributed by atoms with E-state index >= 15 is 0 Å². The molecule has 1 N–H and O–H groups in total. The Morgan fingerprint density at radius 3 is 3.06 bits per heavy atom. The fourth-order valence-corrected chi connectivity index (χ4v) is 2.61. The Bertz CT molecular complexity index is 348. The van der Waals surface area contributed by atoms with Gasteiger partial charge >= 0.3 is 0 Å². The molecule has 0 spiro atoms. The largest absolute Gasteiger partial charge is 0.380 e. The summed E-state index contributed by atoms with van der Waals surface area (Å²) in [4.78, 5) is 4.22. The Balaban J connectivity index is 1.91. The number of hydrogen-bond acceptors (Lipinski definition) is 3. The summed E-state index contributed by atoms with van der Waals surface area (Å²) in [7, 11) is 1.81. The van der Waals surface area contributed by atoms with E-state index in [2.05, 4.69) is 28.7 Å². The predicted octanol–water partition coefficient (Wildman–Crippen LogP) is 2.12. The highest BCUT2D eigenvalue weighted by atomic mass is 16.5. The van der Waals surface area contributed by atoms with Crippen LogP contribution >= 0.6 is 0 Å². The van der Waals surface area contributed by atoms with Gasteiger partial charge in [0.25, 0.3) is 0 Å². The van der Waals surface area contributed by atoms with Crippen molar-refractivity contribution in [3.63, 3.8) is 0 Å². The number of ether oxygens (including phenoxy) is 1. The zero-order valence-electron chi connectivity index (χ0n) is 11.0. The van der Waals surface area contributed by atoms with E-state index in [1.165, 1.54) is 25.0 Å². The van der Waals surface area contributed by atoms with Gasteiger partial charge in [-0.15, -0.1) is 0 Å². The molecule has 0 aromatic carbocycles.